The summed E-state index contributed by atoms with van der Waals surface area (Å²) in [5.41, 5.74) is -0.518. The van der Waals surface area contributed by atoms with Crippen molar-refractivity contribution in [3.8, 4) is 0 Å². The Labute approximate surface area is 173 Å². The zero-order valence-electron chi connectivity index (χ0n) is 16.1. The fraction of sp³-hybridized carbons (Fsp3) is 0.389. The molecule has 12 heteroatoms. The molecule has 0 aromatic carbocycles. The largest absolute Gasteiger partial charge is 0.432 e. The van der Waals surface area contributed by atoms with E-state index in [4.69, 9.17) is 0 Å². The molecule has 0 aliphatic carbocycles. The third-order valence-corrected chi connectivity index (χ3v) is 5.54. The lowest BCUT2D eigenvalue weighted by Crippen LogP contribution is -2.28. The molecule has 1 unspecified atom stereocenters. The number of aromatic nitrogens is 5. The van der Waals surface area contributed by atoms with Crippen molar-refractivity contribution in [1.29, 1.82) is 0 Å². The number of carbonyl (C=O) groups is 1. The molecule has 1 atom stereocenters. The van der Waals surface area contributed by atoms with E-state index in [1.807, 2.05) is 18.1 Å². The van der Waals surface area contributed by atoms with Gasteiger partial charge in [0.1, 0.15) is 17.3 Å². The van der Waals surface area contributed by atoms with Gasteiger partial charge in [-0.15, -0.1) is 11.3 Å². The first-order valence-corrected chi connectivity index (χ1v) is 9.97. The van der Waals surface area contributed by atoms with Crippen molar-refractivity contribution in [1.82, 2.24) is 30.0 Å². The molecule has 4 rings (SSSR count). The first-order valence-electron chi connectivity index (χ1n) is 9.16. The number of alkyl halides is 3. The lowest BCUT2D eigenvalue weighted by molar-refractivity contribution is -0.141. The minimum Gasteiger partial charge on any atom is -0.337 e. The Morgan fingerprint density at radius 3 is 2.77 bits per heavy atom. The van der Waals surface area contributed by atoms with Crippen LogP contribution in [0.2, 0.25) is 0 Å². The van der Waals surface area contributed by atoms with E-state index in [-0.39, 0.29) is 11.6 Å². The fourth-order valence-corrected chi connectivity index (χ4v) is 3.98. The second-order valence-electron chi connectivity index (χ2n) is 7.03. The quantitative estimate of drug-likeness (QED) is 0.646. The van der Waals surface area contributed by atoms with Crippen LogP contribution in [-0.4, -0.2) is 49.0 Å². The first kappa shape index (κ1) is 20.3. The number of hydrogen-bond acceptors (Lipinski definition) is 7. The molecule has 3 aromatic heterocycles. The zero-order valence-corrected chi connectivity index (χ0v) is 16.9. The van der Waals surface area contributed by atoms with Crippen LogP contribution >= 0.6 is 11.3 Å². The van der Waals surface area contributed by atoms with Crippen LogP contribution < -0.4 is 5.32 Å². The molecular formula is C18H18F3N7OS. The van der Waals surface area contributed by atoms with Crippen molar-refractivity contribution >= 4 is 28.2 Å². The van der Waals surface area contributed by atoms with E-state index in [0.29, 0.717) is 31.2 Å². The molecule has 0 saturated carbocycles. The minimum absolute atomic E-state index is 0.0461. The average molecular weight is 437 g/mol. The summed E-state index contributed by atoms with van der Waals surface area (Å²) >= 11 is 1.51. The molecule has 0 spiro atoms. The second-order valence-corrected chi connectivity index (χ2v) is 8.26. The Hall–Kier alpha value is -3.02. The zero-order chi connectivity index (χ0) is 21.5. The van der Waals surface area contributed by atoms with Gasteiger partial charge in [0, 0.05) is 42.2 Å². The summed E-state index contributed by atoms with van der Waals surface area (Å²) in [4.78, 5) is 28.3. The number of likely N-dealkylation sites (tertiary alicyclic amines) is 1. The summed E-state index contributed by atoms with van der Waals surface area (Å²) < 4.78 is 38.2. The molecule has 1 fully saturated rings. The number of anilines is 2. The number of hydrogen-bond donors (Lipinski definition) is 2. The number of amides is 1. The minimum atomic E-state index is -4.57. The van der Waals surface area contributed by atoms with E-state index >= 15 is 0 Å². The highest BCUT2D eigenvalue weighted by molar-refractivity contribution is 7.15. The predicted molar refractivity (Wildman–Crippen MR) is 104 cm³/mol. The van der Waals surface area contributed by atoms with E-state index in [1.54, 1.807) is 13.1 Å². The van der Waals surface area contributed by atoms with Gasteiger partial charge in [0.15, 0.2) is 10.8 Å². The topological polar surface area (TPSA) is 99.7 Å². The molecule has 1 amide bonds. The van der Waals surface area contributed by atoms with Crippen LogP contribution in [0, 0.1) is 13.8 Å². The van der Waals surface area contributed by atoms with Gasteiger partial charge in [0.25, 0.3) is 5.91 Å². The van der Waals surface area contributed by atoms with Crippen LogP contribution in [0.4, 0.5) is 24.1 Å². The number of thiazole rings is 1. The first-order chi connectivity index (χ1) is 14.2. The van der Waals surface area contributed by atoms with Gasteiger partial charge in [-0.2, -0.15) is 18.3 Å². The Bertz CT molecular complexity index is 1080. The van der Waals surface area contributed by atoms with Gasteiger partial charge in [0.05, 0.1) is 5.69 Å². The maximum absolute atomic E-state index is 12.7. The van der Waals surface area contributed by atoms with Crippen molar-refractivity contribution in [3.05, 3.63) is 46.1 Å². The van der Waals surface area contributed by atoms with Crippen molar-refractivity contribution in [3.63, 3.8) is 0 Å². The Morgan fingerprint density at radius 2 is 2.10 bits per heavy atom. The van der Waals surface area contributed by atoms with Crippen LogP contribution in [0.3, 0.4) is 0 Å². The lowest BCUT2D eigenvalue weighted by Gasteiger charge is -2.15. The van der Waals surface area contributed by atoms with Crippen molar-refractivity contribution < 1.29 is 18.0 Å². The molecule has 0 radical (unpaired) electrons. The Morgan fingerprint density at radius 1 is 1.30 bits per heavy atom. The predicted octanol–water partition coefficient (Wildman–Crippen LogP) is 3.67. The summed E-state index contributed by atoms with van der Waals surface area (Å²) in [6.45, 7) is 4.50. The summed E-state index contributed by atoms with van der Waals surface area (Å²) in [7, 11) is 0. The SMILES string of the molecule is Cc1nc(Nc2ncc(C)s2)cc(C2CCN(C(=O)c3cc(C(F)(F)F)[nH]n3)C2)n1. The van der Waals surface area contributed by atoms with Crippen molar-refractivity contribution in [2.24, 2.45) is 0 Å². The van der Waals surface area contributed by atoms with Crippen LogP contribution in [0.25, 0.3) is 0 Å². The summed E-state index contributed by atoms with van der Waals surface area (Å²) in [5, 5.41) is 9.28. The monoisotopic (exact) mass is 437 g/mol. The second kappa shape index (κ2) is 7.67. The third-order valence-electron chi connectivity index (χ3n) is 4.71. The fourth-order valence-electron chi connectivity index (χ4n) is 3.31. The van der Waals surface area contributed by atoms with Gasteiger partial charge >= 0.3 is 6.18 Å². The van der Waals surface area contributed by atoms with Crippen LogP contribution in [0.5, 0.6) is 0 Å². The summed E-state index contributed by atoms with van der Waals surface area (Å²) in [5.74, 6) is 0.607. The van der Waals surface area contributed by atoms with Crippen molar-refractivity contribution in [2.75, 3.05) is 18.4 Å². The van der Waals surface area contributed by atoms with Gasteiger partial charge in [0.2, 0.25) is 0 Å². The number of nitrogens with zero attached hydrogens (tertiary/aromatic N) is 5. The normalized spacial score (nSPS) is 16.8. The van der Waals surface area contributed by atoms with E-state index < -0.39 is 17.8 Å². The van der Waals surface area contributed by atoms with E-state index in [2.05, 4.69) is 25.4 Å². The number of carbonyl (C=O) groups excluding carboxylic acids is 1. The number of rotatable bonds is 4. The summed E-state index contributed by atoms with van der Waals surface area (Å²) in [6.07, 6.45) is -2.16. The molecule has 30 heavy (non-hydrogen) atoms. The smallest absolute Gasteiger partial charge is 0.337 e. The molecule has 3 aromatic rings. The molecule has 1 aliphatic rings. The molecular weight excluding hydrogens is 419 g/mol. The average Bonchev–Trinajstić information content (AvgIpc) is 3.41. The molecule has 4 heterocycles. The number of aryl methyl sites for hydroxylation is 2. The van der Waals surface area contributed by atoms with E-state index in [1.165, 1.54) is 16.2 Å². The molecule has 1 saturated heterocycles. The van der Waals surface area contributed by atoms with E-state index in [9.17, 15) is 18.0 Å². The van der Waals surface area contributed by atoms with Gasteiger partial charge < -0.3 is 10.2 Å². The number of H-pyrrole nitrogens is 1. The summed E-state index contributed by atoms with van der Waals surface area (Å²) in [6, 6.07) is 2.56. The number of aromatic amines is 1. The number of halogens is 3. The van der Waals surface area contributed by atoms with Gasteiger partial charge in [-0.1, -0.05) is 0 Å². The highest BCUT2D eigenvalue weighted by atomic mass is 32.1. The maximum Gasteiger partial charge on any atom is 0.432 e. The molecule has 0 bridgehead atoms. The van der Waals surface area contributed by atoms with Crippen LogP contribution in [0.1, 0.15) is 44.9 Å². The van der Waals surface area contributed by atoms with Crippen LogP contribution in [0.15, 0.2) is 18.3 Å². The molecule has 158 valence electrons. The highest BCUT2D eigenvalue weighted by Gasteiger charge is 2.36. The number of nitrogens with one attached hydrogen (secondary N) is 2. The van der Waals surface area contributed by atoms with Crippen molar-refractivity contribution in [2.45, 2.75) is 32.4 Å². The molecule has 2 N–H and O–H groups in total. The highest BCUT2D eigenvalue weighted by Crippen LogP contribution is 2.31. The standard InChI is InChI=1S/C18H18F3N7OS/c1-9-7-22-17(30-9)25-15-6-12(23-10(2)24-15)11-3-4-28(8-11)16(29)13-5-14(27-26-13)18(19,20)21/h5-7,11H,3-4,8H2,1-2H3,(H,26,27)(H,22,23,24,25). The third kappa shape index (κ3) is 4.27. The maximum atomic E-state index is 12.7. The van der Waals surface area contributed by atoms with Gasteiger partial charge in [-0.25, -0.2) is 15.0 Å². The van der Waals surface area contributed by atoms with Crippen LogP contribution in [-0.2, 0) is 6.18 Å². The van der Waals surface area contributed by atoms with Gasteiger partial charge in [-0.3, -0.25) is 9.89 Å². The van der Waals surface area contributed by atoms with Gasteiger partial charge in [-0.05, 0) is 20.3 Å². The molecule has 8 nitrogen and oxygen atoms in total. The lowest BCUT2D eigenvalue weighted by atomic mass is 10.0. The Balaban J connectivity index is 1.47. The van der Waals surface area contributed by atoms with E-state index in [0.717, 1.165) is 21.8 Å². The molecule has 1 aliphatic heterocycles. The Kier molecular flexibility index (Phi) is 5.18.